The second-order valence-electron chi connectivity index (χ2n) is 5.03. The van der Waals surface area contributed by atoms with Crippen LogP contribution in [0.1, 0.15) is 0 Å². The van der Waals surface area contributed by atoms with Crippen LogP contribution in [0, 0.1) is 0 Å². The molecule has 0 unspecified atom stereocenters. The molecule has 2 aromatic carbocycles. The van der Waals surface area contributed by atoms with Crippen LogP contribution in [0.2, 0.25) is 0 Å². The van der Waals surface area contributed by atoms with Crippen molar-refractivity contribution in [3.63, 3.8) is 0 Å². The zero-order valence-corrected chi connectivity index (χ0v) is 11.5. The normalized spacial score (nSPS) is 11.3. The molecule has 2 heterocycles. The van der Waals surface area contributed by atoms with Crippen molar-refractivity contribution in [2.45, 2.75) is 0 Å². The molecule has 0 atom stereocenters. The fourth-order valence-corrected chi connectivity index (χ4v) is 2.70. The molecule has 5 nitrogen and oxygen atoms in total. The molecule has 0 saturated heterocycles. The van der Waals surface area contributed by atoms with E-state index in [1.807, 2.05) is 49.6 Å². The van der Waals surface area contributed by atoms with Crippen LogP contribution in [0.4, 0.5) is 5.69 Å². The van der Waals surface area contributed by atoms with E-state index < -0.39 is 0 Å². The van der Waals surface area contributed by atoms with Crippen molar-refractivity contribution >= 4 is 22.5 Å². The van der Waals surface area contributed by atoms with Crippen molar-refractivity contribution in [1.29, 1.82) is 0 Å². The van der Waals surface area contributed by atoms with Gasteiger partial charge in [-0.3, -0.25) is 15.1 Å². The van der Waals surface area contributed by atoms with Crippen molar-refractivity contribution in [2.24, 2.45) is 7.05 Å². The SMILES string of the molecule is Cn1c2ccccc2n2cc(-c3ccc(NO)cc3)nc12. The van der Waals surface area contributed by atoms with E-state index in [4.69, 9.17) is 10.2 Å². The van der Waals surface area contributed by atoms with E-state index in [9.17, 15) is 0 Å². The first-order valence-corrected chi connectivity index (χ1v) is 6.71. The van der Waals surface area contributed by atoms with Crippen molar-refractivity contribution in [3.05, 3.63) is 54.7 Å². The number of fused-ring (bicyclic) bond motifs is 3. The summed E-state index contributed by atoms with van der Waals surface area (Å²) >= 11 is 0. The summed E-state index contributed by atoms with van der Waals surface area (Å²) in [7, 11) is 2.02. The molecule has 4 aromatic rings. The molecule has 4 rings (SSSR count). The summed E-state index contributed by atoms with van der Waals surface area (Å²) < 4.78 is 4.19. The van der Waals surface area contributed by atoms with E-state index in [2.05, 4.69) is 26.6 Å². The molecule has 2 N–H and O–H groups in total. The maximum Gasteiger partial charge on any atom is 0.215 e. The van der Waals surface area contributed by atoms with Gasteiger partial charge in [0, 0.05) is 18.8 Å². The highest BCUT2D eigenvalue weighted by atomic mass is 16.5. The highest BCUT2D eigenvalue weighted by Gasteiger charge is 2.11. The first-order valence-electron chi connectivity index (χ1n) is 6.71. The smallest absolute Gasteiger partial charge is 0.215 e. The lowest BCUT2D eigenvalue weighted by atomic mass is 10.1. The third-order valence-electron chi connectivity index (χ3n) is 3.80. The number of aryl methyl sites for hydroxylation is 1. The molecule has 0 bridgehead atoms. The van der Waals surface area contributed by atoms with Crippen molar-refractivity contribution in [2.75, 3.05) is 5.48 Å². The van der Waals surface area contributed by atoms with Gasteiger partial charge in [0.15, 0.2) is 0 Å². The molecule has 0 aliphatic carbocycles. The average Bonchev–Trinajstić information content (AvgIpc) is 3.08. The number of benzene rings is 2. The number of para-hydroxylation sites is 2. The Morgan fingerprint density at radius 3 is 2.43 bits per heavy atom. The summed E-state index contributed by atoms with van der Waals surface area (Å²) in [5.41, 5.74) is 7.02. The second-order valence-corrected chi connectivity index (χ2v) is 5.03. The van der Waals surface area contributed by atoms with Gasteiger partial charge < -0.3 is 4.57 Å². The highest BCUT2D eigenvalue weighted by Crippen LogP contribution is 2.25. The summed E-state index contributed by atoms with van der Waals surface area (Å²) in [6.45, 7) is 0. The Kier molecular flexibility index (Phi) is 2.49. The van der Waals surface area contributed by atoms with E-state index in [-0.39, 0.29) is 0 Å². The lowest BCUT2D eigenvalue weighted by molar-refractivity contribution is 0.389. The molecule has 0 spiro atoms. The number of rotatable bonds is 2. The lowest BCUT2D eigenvalue weighted by Gasteiger charge is -2.00. The third-order valence-corrected chi connectivity index (χ3v) is 3.80. The maximum atomic E-state index is 8.86. The first kappa shape index (κ1) is 12.0. The van der Waals surface area contributed by atoms with E-state index in [1.54, 1.807) is 0 Å². The minimum atomic E-state index is 0.660. The molecule has 0 saturated carbocycles. The van der Waals surface area contributed by atoms with Gasteiger partial charge in [-0.05, 0) is 24.3 Å². The Morgan fingerprint density at radius 2 is 1.71 bits per heavy atom. The quantitative estimate of drug-likeness (QED) is 0.553. The molecule has 0 aliphatic heterocycles. The zero-order valence-electron chi connectivity index (χ0n) is 11.5. The Balaban J connectivity index is 1.92. The number of nitrogens with zero attached hydrogens (tertiary/aromatic N) is 3. The minimum Gasteiger partial charge on any atom is -0.313 e. The first-order chi connectivity index (χ1) is 10.3. The number of aromatic nitrogens is 3. The molecule has 0 amide bonds. The van der Waals surface area contributed by atoms with Crippen LogP contribution in [-0.4, -0.2) is 19.2 Å². The molecule has 0 radical (unpaired) electrons. The van der Waals surface area contributed by atoms with Crippen LogP contribution in [0.5, 0.6) is 0 Å². The number of hydrogen-bond acceptors (Lipinski definition) is 3. The number of imidazole rings is 2. The van der Waals surface area contributed by atoms with E-state index >= 15 is 0 Å². The highest BCUT2D eigenvalue weighted by molar-refractivity contribution is 5.82. The minimum absolute atomic E-state index is 0.660. The summed E-state index contributed by atoms with van der Waals surface area (Å²) in [5, 5.41) is 8.86. The van der Waals surface area contributed by atoms with E-state index in [0.29, 0.717) is 5.69 Å². The average molecular weight is 278 g/mol. The van der Waals surface area contributed by atoms with Gasteiger partial charge in [-0.15, -0.1) is 0 Å². The maximum absolute atomic E-state index is 8.86. The number of nitrogens with one attached hydrogen (secondary N) is 1. The van der Waals surface area contributed by atoms with Crippen molar-refractivity contribution in [3.8, 4) is 11.3 Å². The van der Waals surface area contributed by atoms with Gasteiger partial charge in [-0.2, -0.15) is 0 Å². The summed E-state index contributed by atoms with van der Waals surface area (Å²) in [5.74, 6) is 0.913. The van der Waals surface area contributed by atoms with Gasteiger partial charge in [0.25, 0.3) is 0 Å². The molecule has 2 aromatic heterocycles. The van der Waals surface area contributed by atoms with E-state index in [0.717, 1.165) is 28.1 Å². The predicted molar refractivity (Wildman–Crippen MR) is 82.5 cm³/mol. The molecular formula is C16H14N4O. The van der Waals surface area contributed by atoms with Gasteiger partial charge >= 0.3 is 0 Å². The summed E-state index contributed by atoms with van der Waals surface area (Å²) in [6, 6.07) is 15.7. The van der Waals surface area contributed by atoms with E-state index in [1.165, 1.54) is 0 Å². The van der Waals surface area contributed by atoms with Crippen LogP contribution in [-0.2, 0) is 7.05 Å². The fourth-order valence-electron chi connectivity index (χ4n) is 2.70. The second kappa shape index (κ2) is 4.36. The summed E-state index contributed by atoms with van der Waals surface area (Å²) in [4.78, 5) is 4.72. The molecule has 21 heavy (non-hydrogen) atoms. The molecule has 0 aliphatic rings. The molecular weight excluding hydrogens is 264 g/mol. The van der Waals surface area contributed by atoms with Gasteiger partial charge in [-0.1, -0.05) is 24.3 Å². The Bertz CT molecular complexity index is 934. The zero-order chi connectivity index (χ0) is 14.4. The standard InChI is InChI=1S/C16H14N4O/c1-19-14-4-2-3-5-15(14)20-10-13(17-16(19)20)11-6-8-12(18-21)9-7-11/h2-10,18,21H,1H3. The van der Waals surface area contributed by atoms with Crippen LogP contribution >= 0.6 is 0 Å². The third kappa shape index (κ3) is 1.71. The Morgan fingerprint density at radius 1 is 1.00 bits per heavy atom. The number of hydrogen-bond donors (Lipinski definition) is 2. The lowest BCUT2D eigenvalue weighted by Crippen LogP contribution is -1.89. The van der Waals surface area contributed by atoms with Gasteiger partial charge in [0.2, 0.25) is 5.78 Å². The van der Waals surface area contributed by atoms with Crippen LogP contribution in [0.15, 0.2) is 54.7 Å². The number of anilines is 1. The predicted octanol–water partition coefficient (Wildman–Crippen LogP) is 3.29. The van der Waals surface area contributed by atoms with Gasteiger partial charge in [-0.25, -0.2) is 4.98 Å². The van der Waals surface area contributed by atoms with Gasteiger partial charge in [0.05, 0.1) is 22.4 Å². The van der Waals surface area contributed by atoms with Crippen molar-refractivity contribution in [1.82, 2.24) is 14.0 Å². The largest absolute Gasteiger partial charge is 0.313 e. The molecule has 104 valence electrons. The Hall–Kier alpha value is -2.79. The summed E-state index contributed by atoms with van der Waals surface area (Å²) in [6.07, 6.45) is 2.04. The fraction of sp³-hybridized carbons (Fsp3) is 0.0625. The van der Waals surface area contributed by atoms with Crippen LogP contribution in [0.3, 0.4) is 0 Å². The van der Waals surface area contributed by atoms with Crippen molar-refractivity contribution < 1.29 is 5.21 Å². The topological polar surface area (TPSA) is 54.5 Å². The van der Waals surface area contributed by atoms with Crippen LogP contribution < -0.4 is 5.48 Å². The molecule has 0 fully saturated rings. The molecule has 5 heteroatoms. The monoisotopic (exact) mass is 278 g/mol. The Labute approximate surface area is 121 Å². The van der Waals surface area contributed by atoms with Crippen LogP contribution in [0.25, 0.3) is 28.1 Å². The van der Waals surface area contributed by atoms with Gasteiger partial charge in [0.1, 0.15) is 0 Å².